The first-order valence-electron chi connectivity index (χ1n) is 9.70. The summed E-state index contributed by atoms with van der Waals surface area (Å²) < 4.78 is 13.1. The smallest absolute Gasteiger partial charge is 0.274 e. The summed E-state index contributed by atoms with van der Waals surface area (Å²) in [5.41, 5.74) is 0.859. The van der Waals surface area contributed by atoms with Crippen LogP contribution in [0.2, 0.25) is 0 Å². The van der Waals surface area contributed by atoms with Gasteiger partial charge in [-0.3, -0.25) is 24.6 Å². The normalized spacial score (nSPS) is 14.8. The Labute approximate surface area is 173 Å². The first-order valence-corrected chi connectivity index (χ1v) is 9.70. The van der Waals surface area contributed by atoms with Gasteiger partial charge < -0.3 is 10.2 Å². The molecule has 0 radical (unpaired) electrons. The summed E-state index contributed by atoms with van der Waals surface area (Å²) in [6, 6.07) is 11.8. The quantitative estimate of drug-likeness (QED) is 0.578. The lowest BCUT2D eigenvalue weighted by Crippen LogP contribution is -2.40. The minimum absolute atomic E-state index is 0.0254. The molecule has 0 aliphatic carbocycles. The van der Waals surface area contributed by atoms with Crippen LogP contribution in [-0.2, 0) is 11.3 Å². The Hall–Kier alpha value is -3.33. The van der Waals surface area contributed by atoms with E-state index >= 15 is 0 Å². The molecule has 9 heteroatoms. The molecule has 1 heterocycles. The first-order chi connectivity index (χ1) is 14.4. The minimum Gasteiger partial charge on any atom is -0.351 e. The molecular weight excluding hydrogens is 391 g/mol. The largest absolute Gasteiger partial charge is 0.351 e. The van der Waals surface area contributed by atoms with Gasteiger partial charge in [0.15, 0.2) is 0 Å². The number of nitro benzene ring substituents is 1. The maximum absolute atomic E-state index is 13.1. The van der Waals surface area contributed by atoms with Gasteiger partial charge in [-0.1, -0.05) is 18.2 Å². The van der Waals surface area contributed by atoms with Gasteiger partial charge in [-0.05, 0) is 30.7 Å². The summed E-state index contributed by atoms with van der Waals surface area (Å²) in [6.45, 7) is 2.45. The van der Waals surface area contributed by atoms with Gasteiger partial charge in [0.1, 0.15) is 5.82 Å². The van der Waals surface area contributed by atoms with Gasteiger partial charge >= 0.3 is 0 Å². The number of nitrogens with one attached hydrogen (secondary N) is 1. The molecule has 0 bridgehead atoms. The lowest BCUT2D eigenvalue weighted by atomic mass is 10.2. The lowest BCUT2D eigenvalue weighted by Gasteiger charge is -2.22. The molecule has 1 N–H and O–H groups in total. The highest BCUT2D eigenvalue weighted by molar-refractivity contribution is 5.94. The molecule has 2 aromatic carbocycles. The molecule has 2 aromatic rings. The van der Waals surface area contributed by atoms with E-state index in [1.165, 1.54) is 30.3 Å². The van der Waals surface area contributed by atoms with Crippen molar-refractivity contribution in [3.63, 3.8) is 0 Å². The number of rotatable bonds is 6. The zero-order valence-corrected chi connectivity index (χ0v) is 16.4. The second-order valence-corrected chi connectivity index (χ2v) is 7.09. The number of para-hydroxylation sites is 1. The maximum atomic E-state index is 13.1. The Balaban J connectivity index is 1.50. The van der Waals surface area contributed by atoms with Crippen molar-refractivity contribution in [1.82, 2.24) is 15.1 Å². The van der Waals surface area contributed by atoms with Crippen LogP contribution in [0.4, 0.5) is 10.1 Å². The first kappa shape index (κ1) is 21.4. The average Bonchev–Trinajstić information content (AvgIpc) is 2.98. The molecule has 3 rings (SSSR count). The number of nitro groups is 1. The fraction of sp³-hybridized carbons (Fsp3) is 0.333. The van der Waals surface area contributed by atoms with Crippen LogP contribution < -0.4 is 5.32 Å². The fourth-order valence-electron chi connectivity index (χ4n) is 3.40. The summed E-state index contributed by atoms with van der Waals surface area (Å²) >= 11 is 0. The average molecular weight is 414 g/mol. The molecule has 0 unspecified atom stereocenters. The molecular formula is C21H23FN4O4. The third-order valence-electron chi connectivity index (χ3n) is 5.00. The molecule has 0 spiro atoms. The van der Waals surface area contributed by atoms with Crippen LogP contribution in [0.5, 0.6) is 0 Å². The van der Waals surface area contributed by atoms with E-state index in [4.69, 9.17) is 0 Å². The van der Waals surface area contributed by atoms with Crippen molar-refractivity contribution in [2.75, 3.05) is 32.7 Å². The molecule has 8 nitrogen and oxygen atoms in total. The number of amides is 2. The summed E-state index contributed by atoms with van der Waals surface area (Å²) in [4.78, 5) is 39.1. The Morgan fingerprint density at radius 1 is 1.03 bits per heavy atom. The second kappa shape index (κ2) is 9.93. The van der Waals surface area contributed by atoms with E-state index in [9.17, 15) is 24.1 Å². The van der Waals surface area contributed by atoms with E-state index in [1.807, 2.05) is 4.90 Å². The standard InChI is InChI=1S/C21H23FN4O4/c22-18-8-6-16(7-9-18)21(28)25-11-3-10-24(12-13-25)15-20(27)23-14-17-4-1-2-5-19(17)26(29)30/h1-2,4-9H,3,10-15H2,(H,23,27). The molecule has 1 fully saturated rings. The van der Waals surface area contributed by atoms with Crippen LogP contribution >= 0.6 is 0 Å². The summed E-state index contributed by atoms with van der Waals surface area (Å²) in [6.07, 6.45) is 0.713. The van der Waals surface area contributed by atoms with Crippen molar-refractivity contribution in [1.29, 1.82) is 0 Å². The number of hydrogen-bond acceptors (Lipinski definition) is 5. The lowest BCUT2D eigenvalue weighted by molar-refractivity contribution is -0.385. The van der Waals surface area contributed by atoms with Crippen LogP contribution in [0.1, 0.15) is 22.3 Å². The van der Waals surface area contributed by atoms with E-state index < -0.39 is 4.92 Å². The number of carbonyl (C=O) groups is 2. The van der Waals surface area contributed by atoms with Gasteiger partial charge in [0, 0.05) is 49.9 Å². The third kappa shape index (κ3) is 5.60. The molecule has 158 valence electrons. The maximum Gasteiger partial charge on any atom is 0.274 e. The Morgan fingerprint density at radius 2 is 1.77 bits per heavy atom. The van der Waals surface area contributed by atoms with E-state index in [-0.39, 0.29) is 36.4 Å². The van der Waals surface area contributed by atoms with Gasteiger partial charge in [-0.2, -0.15) is 0 Å². The van der Waals surface area contributed by atoms with E-state index in [0.29, 0.717) is 43.7 Å². The van der Waals surface area contributed by atoms with Crippen molar-refractivity contribution in [3.05, 3.63) is 75.6 Å². The van der Waals surface area contributed by atoms with Crippen molar-refractivity contribution < 1.29 is 18.9 Å². The predicted molar refractivity (Wildman–Crippen MR) is 108 cm³/mol. The molecule has 30 heavy (non-hydrogen) atoms. The third-order valence-corrected chi connectivity index (χ3v) is 5.00. The number of hydrogen-bond donors (Lipinski definition) is 1. The van der Waals surface area contributed by atoms with Gasteiger partial charge in [0.25, 0.3) is 11.6 Å². The SMILES string of the molecule is O=C(CN1CCCN(C(=O)c2ccc(F)cc2)CC1)NCc1ccccc1[N+](=O)[O-]. The van der Waals surface area contributed by atoms with Gasteiger partial charge in [0.2, 0.25) is 5.91 Å². The zero-order valence-electron chi connectivity index (χ0n) is 16.4. The van der Waals surface area contributed by atoms with E-state index in [2.05, 4.69) is 5.32 Å². The van der Waals surface area contributed by atoms with Crippen LogP contribution in [-0.4, -0.2) is 59.3 Å². The van der Waals surface area contributed by atoms with Gasteiger partial charge in [-0.25, -0.2) is 4.39 Å². The molecule has 1 aliphatic heterocycles. The van der Waals surface area contributed by atoms with Crippen molar-refractivity contribution in [2.24, 2.45) is 0 Å². The van der Waals surface area contributed by atoms with Crippen LogP contribution in [0, 0.1) is 15.9 Å². The van der Waals surface area contributed by atoms with Crippen molar-refractivity contribution in [2.45, 2.75) is 13.0 Å². The second-order valence-electron chi connectivity index (χ2n) is 7.09. The van der Waals surface area contributed by atoms with Crippen LogP contribution in [0.25, 0.3) is 0 Å². The topological polar surface area (TPSA) is 95.8 Å². The molecule has 0 saturated carbocycles. The van der Waals surface area contributed by atoms with Crippen molar-refractivity contribution in [3.8, 4) is 0 Å². The summed E-state index contributed by atoms with van der Waals surface area (Å²) in [5.74, 6) is -0.774. The van der Waals surface area contributed by atoms with Crippen molar-refractivity contribution >= 4 is 17.5 Å². The van der Waals surface area contributed by atoms with Gasteiger partial charge in [-0.15, -0.1) is 0 Å². The minimum atomic E-state index is -0.469. The Morgan fingerprint density at radius 3 is 2.50 bits per heavy atom. The van der Waals surface area contributed by atoms with Crippen LogP contribution in [0.3, 0.4) is 0 Å². The van der Waals surface area contributed by atoms with Gasteiger partial charge in [0.05, 0.1) is 11.5 Å². The highest BCUT2D eigenvalue weighted by Crippen LogP contribution is 2.17. The fourth-order valence-corrected chi connectivity index (χ4v) is 3.40. The number of carbonyl (C=O) groups excluding carboxylic acids is 2. The Kier molecular flexibility index (Phi) is 7.08. The monoisotopic (exact) mass is 414 g/mol. The highest BCUT2D eigenvalue weighted by atomic mass is 19.1. The number of halogens is 1. The molecule has 0 aromatic heterocycles. The summed E-state index contributed by atoms with van der Waals surface area (Å²) in [5, 5.41) is 13.8. The molecule has 1 saturated heterocycles. The molecule has 0 atom stereocenters. The highest BCUT2D eigenvalue weighted by Gasteiger charge is 2.22. The molecule has 2 amide bonds. The molecule has 1 aliphatic rings. The van der Waals surface area contributed by atoms with Crippen LogP contribution in [0.15, 0.2) is 48.5 Å². The Bertz CT molecular complexity index is 919. The summed E-state index contributed by atoms with van der Waals surface area (Å²) in [7, 11) is 0. The number of benzene rings is 2. The zero-order chi connectivity index (χ0) is 21.5. The van der Waals surface area contributed by atoms with E-state index in [0.717, 1.165) is 0 Å². The number of nitrogens with zero attached hydrogens (tertiary/aromatic N) is 3. The van der Waals surface area contributed by atoms with E-state index in [1.54, 1.807) is 23.1 Å². The predicted octanol–water partition coefficient (Wildman–Crippen LogP) is 2.20.